The summed E-state index contributed by atoms with van der Waals surface area (Å²) >= 11 is 6.03. The maximum absolute atomic E-state index is 6.03. The first-order valence-electron chi connectivity index (χ1n) is 6.47. The number of pyridine rings is 1. The van der Waals surface area contributed by atoms with E-state index in [2.05, 4.69) is 20.3 Å². The summed E-state index contributed by atoms with van der Waals surface area (Å²) in [5.41, 5.74) is 0.973. The Bertz CT molecular complexity index is 555. The van der Waals surface area contributed by atoms with Gasteiger partial charge in [-0.3, -0.25) is 4.98 Å². The van der Waals surface area contributed by atoms with E-state index in [1.54, 1.807) is 12.3 Å². The highest BCUT2D eigenvalue weighted by Gasteiger charge is 2.23. The Kier molecular flexibility index (Phi) is 3.60. The van der Waals surface area contributed by atoms with Gasteiger partial charge in [0.1, 0.15) is 16.8 Å². The summed E-state index contributed by atoms with van der Waals surface area (Å²) in [7, 11) is 0. The largest absolute Gasteiger partial charge is 0.364 e. The Morgan fingerprint density at radius 2 is 2.16 bits per heavy atom. The van der Waals surface area contributed by atoms with Crippen LogP contribution in [0, 0.1) is 5.92 Å². The van der Waals surface area contributed by atoms with Crippen LogP contribution in [0.25, 0.3) is 0 Å². The lowest BCUT2D eigenvalue weighted by atomic mass is 10.3. The van der Waals surface area contributed by atoms with Crippen molar-refractivity contribution < 1.29 is 0 Å². The molecule has 98 valence electrons. The number of rotatable bonds is 5. The van der Waals surface area contributed by atoms with Crippen molar-refractivity contribution in [3.8, 4) is 0 Å². The third-order valence-electron chi connectivity index (χ3n) is 3.09. The molecule has 1 aliphatic carbocycles. The van der Waals surface area contributed by atoms with Crippen LogP contribution < -0.4 is 5.32 Å². The molecule has 0 atom stereocenters. The molecule has 0 aliphatic heterocycles. The summed E-state index contributed by atoms with van der Waals surface area (Å²) in [5, 5.41) is 3.73. The molecule has 2 aromatic rings. The molecule has 0 bridgehead atoms. The summed E-state index contributed by atoms with van der Waals surface area (Å²) in [4.78, 5) is 13.0. The van der Waals surface area contributed by atoms with Crippen LogP contribution in [0.2, 0.25) is 5.15 Å². The molecule has 4 nitrogen and oxygen atoms in total. The van der Waals surface area contributed by atoms with E-state index in [0.29, 0.717) is 11.7 Å². The first-order chi connectivity index (χ1) is 9.29. The second-order valence-corrected chi connectivity index (χ2v) is 5.20. The first-order valence-corrected chi connectivity index (χ1v) is 6.84. The summed E-state index contributed by atoms with van der Waals surface area (Å²) in [6.07, 6.45) is 5.28. The first kappa shape index (κ1) is 12.4. The Hall–Kier alpha value is -1.68. The lowest BCUT2D eigenvalue weighted by Crippen LogP contribution is -2.06. The van der Waals surface area contributed by atoms with Crippen LogP contribution >= 0.6 is 11.6 Å². The summed E-state index contributed by atoms with van der Waals surface area (Å²) < 4.78 is 0. The van der Waals surface area contributed by atoms with Crippen LogP contribution in [0.5, 0.6) is 0 Å². The van der Waals surface area contributed by atoms with Gasteiger partial charge in [-0.1, -0.05) is 17.7 Å². The Morgan fingerprint density at radius 3 is 2.89 bits per heavy atom. The van der Waals surface area contributed by atoms with Crippen LogP contribution in [0.1, 0.15) is 24.4 Å². The van der Waals surface area contributed by atoms with E-state index in [4.69, 9.17) is 11.6 Å². The van der Waals surface area contributed by atoms with Crippen LogP contribution in [-0.4, -0.2) is 15.0 Å². The summed E-state index contributed by atoms with van der Waals surface area (Å²) in [5.74, 6) is 2.35. The molecule has 0 saturated heterocycles. The summed E-state index contributed by atoms with van der Waals surface area (Å²) in [6, 6.07) is 7.59. The molecule has 1 saturated carbocycles. The minimum Gasteiger partial charge on any atom is -0.364 e. The molecule has 0 spiro atoms. The zero-order valence-corrected chi connectivity index (χ0v) is 11.3. The van der Waals surface area contributed by atoms with Crippen LogP contribution in [-0.2, 0) is 13.0 Å². The van der Waals surface area contributed by atoms with Gasteiger partial charge in [0.25, 0.3) is 0 Å². The fourth-order valence-electron chi connectivity index (χ4n) is 1.91. The standard InChI is InChI=1S/C14H15ClN4/c15-12-8-13(17-9-11-3-1-2-6-16-11)19-14(18-12)7-10-4-5-10/h1-3,6,8,10H,4-5,7,9H2,(H,17,18,19). The smallest absolute Gasteiger partial charge is 0.134 e. The number of nitrogens with zero attached hydrogens (tertiary/aromatic N) is 3. The average molecular weight is 275 g/mol. The number of nitrogens with one attached hydrogen (secondary N) is 1. The van der Waals surface area contributed by atoms with Crippen LogP contribution in [0.4, 0.5) is 5.82 Å². The molecule has 3 rings (SSSR count). The normalized spacial score (nSPS) is 14.4. The Labute approximate surface area is 117 Å². The molecule has 0 amide bonds. The highest BCUT2D eigenvalue weighted by Crippen LogP contribution is 2.32. The SMILES string of the molecule is Clc1cc(NCc2ccccn2)nc(CC2CC2)n1. The molecule has 1 aliphatic rings. The van der Waals surface area contributed by atoms with Gasteiger partial charge < -0.3 is 5.32 Å². The van der Waals surface area contributed by atoms with Crippen molar-refractivity contribution in [3.05, 3.63) is 47.1 Å². The van der Waals surface area contributed by atoms with E-state index in [-0.39, 0.29) is 0 Å². The van der Waals surface area contributed by atoms with Gasteiger partial charge in [-0.25, -0.2) is 9.97 Å². The molecule has 1 fully saturated rings. The third-order valence-corrected chi connectivity index (χ3v) is 3.28. The van der Waals surface area contributed by atoms with Gasteiger partial charge in [0, 0.05) is 18.7 Å². The quantitative estimate of drug-likeness (QED) is 0.852. The van der Waals surface area contributed by atoms with Crippen LogP contribution in [0.3, 0.4) is 0 Å². The van der Waals surface area contributed by atoms with E-state index in [0.717, 1.165) is 29.7 Å². The predicted octanol–water partition coefficient (Wildman–Crippen LogP) is 3.09. The van der Waals surface area contributed by atoms with Gasteiger partial charge in [-0.2, -0.15) is 0 Å². The highest BCUT2D eigenvalue weighted by molar-refractivity contribution is 6.29. The minimum atomic E-state index is 0.495. The fourth-order valence-corrected chi connectivity index (χ4v) is 2.11. The third kappa shape index (κ3) is 3.64. The fraction of sp³-hybridized carbons (Fsp3) is 0.357. The molecular formula is C14H15ClN4. The maximum Gasteiger partial charge on any atom is 0.134 e. The zero-order valence-electron chi connectivity index (χ0n) is 10.5. The highest BCUT2D eigenvalue weighted by atomic mass is 35.5. The summed E-state index contributed by atoms with van der Waals surface area (Å²) in [6.45, 7) is 0.636. The molecule has 2 aromatic heterocycles. The van der Waals surface area contributed by atoms with Crippen molar-refractivity contribution in [1.82, 2.24) is 15.0 Å². The second-order valence-electron chi connectivity index (χ2n) is 4.81. The molecule has 0 radical (unpaired) electrons. The number of hydrogen-bond acceptors (Lipinski definition) is 4. The van der Waals surface area contributed by atoms with E-state index in [9.17, 15) is 0 Å². The van der Waals surface area contributed by atoms with E-state index in [1.807, 2.05) is 18.2 Å². The molecule has 5 heteroatoms. The topological polar surface area (TPSA) is 50.7 Å². The zero-order chi connectivity index (χ0) is 13.1. The molecule has 0 unspecified atom stereocenters. The van der Waals surface area contributed by atoms with Crippen LogP contribution in [0.15, 0.2) is 30.5 Å². The predicted molar refractivity (Wildman–Crippen MR) is 75.0 cm³/mol. The van der Waals surface area contributed by atoms with Crippen molar-refractivity contribution >= 4 is 17.4 Å². The van der Waals surface area contributed by atoms with Crippen molar-refractivity contribution in [2.45, 2.75) is 25.8 Å². The number of aromatic nitrogens is 3. The number of hydrogen-bond donors (Lipinski definition) is 1. The number of halogens is 1. The van der Waals surface area contributed by atoms with Gasteiger partial charge in [-0.05, 0) is 30.9 Å². The van der Waals surface area contributed by atoms with Gasteiger partial charge in [0.2, 0.25) is 0 Å². The molecule has 19 heavy (non-hydrogen) atoms. The van der Waals surface area contributed by atoms with Gasteiger partial charge >= 0.3 is 0 Å². The lowest BCUT2D eigenvalue weighted by Gasteiger charge is -2.07. The molecular weight excluding hydrogens is 260 g/mol. The lowest BCUT2D eigenvalue weighted by molar-refractivity contribution is 0.769. The van der Waals surface area contributed by atoms with E-state index in [1.165, 1.54) is 12.8 Å². The monoisotopic (exact) mass is 274 g/mol. The van der Waals surface area contributed by atoms with E-state index >= 15 is 0 Å². The van der Waals surface area contributed by atoms with Crippen molar-refractivity contribution in [3.63, 3.8) is 0 Å². The van der Waals surface area contributed by atoms with Gasteiger partial charge in [0.15, 0.2) is 0 Å². The van der Waals surface area contributed by atoms with Crippen molar-refractivity contribution in [2.75, 3.05) is 5.32 Å². The van der Waals surface area contributed by atoms with Gasteiger partial charge in [-0.15, -0.1) is 0 Å². The van der Waals surface area contributed by atoms with E-state index < -0.39 is 0 Å². The minimum absolute atomic E-state index is 0.495. The second kappa shape index (κ2) is 5.53. The molecule has 2 heterocycles. The number of anilines is 1. The van der Waals surface area contributed by atoms with Gasteiger partial charge in [0.05, 0.1) is 12.2 Å². The van der Waals surface area contributed by atoms with Crippen molar-refractivity contribution in [2.24, 2.45) is 5.92 Å². The Morgan fingerprint density at radius 1 is 1.26 bits per heavy atom. The molecule has 0 aromatic carbocycles. The maximum atomic E-state index is 6.03. The Balaban J connectivity index is 1.67. The average Bonchev–Trinajstić information content (AvgIpc) is 3.21. The van der Waals surface area contributed by atoms with Crippen molar-refractivity contribution in [1.29, 1.82) is 0 Å². The molecule has 1 N–H and O–H groups in total.